The zero-order chi connectivity index (χ0) is 26.1. The number of imidazole rings is 1. The molecule has 5 aromatic rings. The number of pyridine rings is 1. The molecule has 10 nitrogen and oxygen atoms in total. The molecule has 0 radical (unpaired) electrons. The lowest BCUT2D eigenvalue weighted by Gasteiger charge is -2.34. The van der Waals surface area contributed by atoms with Crippen LogP contribution in [-0.4, -0.2) is 61.9 Å². The molecule has 0 spiro atoms. The van der Waals surface area contributed by atoms with E-state index < -0.39 is 0 Å². The number of hydrogen-bond acceptors (Lipinski definition) is 8. The molecular formula is C28H27N9O. The van der Waals surface area contributed by atoms with Gasteiger partial charge in [-0.05, 0) is 23.8 Å². The van der Waals surface area contributed by atoms with Gasteiger partial charge in [-0.2, -0.15) is 4.98 Å². The van der Waals surface area contributed by atoms with Crippen molar-refractivity contribution in [3.05, 3.63) is 73.2 Å². The second-order valence-electron chi connectivity index (χ2n) is 9.15. The summed E-state index contributed by atoms with van der Waals surface area (Å²) in [6, 6.07) is 19.8. The lowest BCUT2D eigenvalue weighted by atomic mass is 10.0. The van der Waals surface area contributed by atoms with Crippen LogP contribution in [0.25, 0.3) is 33.5 Å². The van der Waals surface area contributed by atoms with E-state index in [9.17, 15) is 4.79 Å². The molecule has 4 heterocycles. The Morgan fingerprint density at radius 2 is 1.74 bits per heavy atom. The number of anilines is 4. The van der Waals surface area contributed by atoms with Crippen LogP contribution in [0, 0.1) is 0 Å². The molecule has 1 amide bonds. The van der Waals surface area contributed by atoms with E-state index in [0.717, 1.165) is 35.6 Å². The van der Waals surface area contributed by atoms with E-state index >= 15 is 0 Å². The third-order valence-electron chi connectivity index (χ3n) is 6.79. The van der Waals surface area contributed by atoms with Crippen molar-refractivity contribution in [3.63, 3.8) is 0 Å². The summed E-state index contributed by atoms with van der Waals surface area (Å²) < 4.78 is 0. The maximum Gasteiger partial charge on any atom is 0.229 e. The van der Waals surface area contributed by atoms with Gasteiger partial charge >= 0.3 is 0 Å². The molecule has 1 aliphatic rings. The Bertz CT molecular complexity index is 1590. The molecule has 0 saturated carbocycles. The Morgan fingerprint density at radius 1 is 0.921 bits per heavy atom. The first kappa shape index (κ1) is 23.4. The smallest absolute Gasteiger partial charge is 0.229 e. The van der Waals surface area contributed by atoms with Crippen molar-refractivity contribution in [2.24, 2.45) is 0 Å². The normalized spacial score (nSPS) is 13.6. The van der Waals surface area contributed by atoms with Crippen molar-refractivity contribution >= 4 is 40.2 Å². The second-order valence-corrected chi connectivity index (χ2v) is 9.15. The lowest BCUT2D eigenvalue weighted by Crippen LogP contribution is -2.48. The topological polar surface area (TPSA) is 129 Å². The fourth-order valence-corrected chi connectivity index (χ4v) is 4.72. The van der Waals surface area contributed by atoms with Crippen LogP contribution in [-0.2, 0) is 4.79 Å². The van der Waals surface area contributed by atoms with Crippen LogP contribution < -0.4 is 16.0 Å². The number of nitrogens with zero attached hydrogens (tertiary/aromatic N) is 6. The maximum atomic E-state index is 11.6. The highest BCUT2D eigenvalue weighted by molar-refractivity contribution is 5.90. The summed E-state index contributed by atoms with van der Waals surface area (Å²) in [6.45, 7) is 4.50. The molecular weight excluding hydrogens is 478 g/mol. The van der Waals surface area contributed by atoms with E-state index in [4.69, 9.17) is 15.7 Å². The molecule has 1 fully saturated rings. The molecule has 3 aromatic heterocycles. The van der Waals surface area contributed by atoms with Crippen molar-refractivity contribution in [2.75, 3.05) is 42.1 Å². The van der Waals surface area contributed by atoms with E-state index in [1.165, 1.54) is 0 Å². The molecule has 1 aliphatic heterocycles. The predicted octanol–water partition coefficient (Wildman–Crippen LogP) is 4.08. The summed E-state index contributed by atoms with van der Waals surface area (Å²) in [5, 5.41) is 3.29. The number of fused-ring (bicyclic) bond motifs is 1. The van der Waals surface area contributed by atoms with E-state index in [1.54, 1.807) is 19.4 Å². The minimum absolute atomic E-state index is 0.109. The number of aromatic amines is 1. The number of benzene rings is 2. The van der Waals surface area contributed by atoms with E-state index in [2.05, 4.69) is 25.2 Å². The molecule has 2 aromatic carbocycles. The minimum Gasteiger partial charge on any atom is -0.397 e. The molecule has 0 aliphatic carbocycles. The SMILES string of the molecule is CC(=O)N1CCN(c2ccc(-c3nc(Nc4cccc(-c5ccccc5)c4N)nc4[nH]cnc34)cn2)CC1. The van der Waals surface area contributed by atoms with Crippen molar-refractivity contribution in [2.45, 2.75) is 6.92 Å². The van der Waals surface area contributed by atoms with Crippen molar-refractivity contribution in [1.82, 2.24) is 29.8 Å². The fraction of sp³-hybridized carbons (Fsp3) is 0.179. The summed E-state index contributed by atoms with van der Waals surface area (Å²) in [5.41, 5.74) is 12.6. The van der Waals surface area contributed by atoms with Crippen molar-refractivity contribution in [3.8, 4) is 22.4 Å². The summed E-state index contributed by atoms with van der Waals surface area (Å²) >= 11 is 0. The Hall–Kier alpha value is -4.99. The number of piperazine rings is 1. The third kappa shape index (κ3) is 4.47. The summed E-state index contributed by atoms with van der Waals surface area (Å²) in [7, 11) is 0. The Morgan fingerprint density at radius 3 is 2.47 bits per heavy atom. The summed E-state index contributed by atoms with van der Waals surface area (Å²) in [6.07, 6.45) is 3.41. The Balaban J connectivity index is 1.29. The lowest BCUT2D eigenvalue weighted by molar-refractivity contribution is -0.129. The van der Waals surface area contributed by atoms with Gasteiger partial charge < -0.3 is 25.8 Å². The van der Waals surface area contributed by atoms with Gasteiger partial charge in [0, 0.05) is 50.4 Å². The van der Waals surface area contributed by atoms with Crippen molar-refractivity contribution < 1.29 is 4.79 Å². The monoisotopic (exact) mass is 505 g/mol. The third-order valence-corrected chi connectivity index (χ3v) is 6.79. The number of nitrogens with one attached hydrogen (secondary N) is 2. The van der Waals surface area contributed by atoms with Gasteiger partial charge in [-0.1, -0.05) is 42.5 Å². The maximum absolute atomic E-state index is 11.6. The fourth-order valence-electron chi connectivity index (χ4n) is 4.72. The van der Waals surface area contributed by atoms with Gasteiger partial charge in [0.2, 0.25) is 11.9 Å². The molecule has 6 rings (SSSR count). The average Bonchev–Trinajstić information content (AvgIpc) is 3.43. The molecule has 190 valence electrons. The van der Waals surface area contributed by atoms with E-state index in [0.29, 0.717) is 47.3 Å². The first-order valence-corrected chi connectivity index (χ1v) is 12.5. The quantitative estimate of drug-likeness (QED) is 0.305. The number of amides is 1. The largest absolute Gasteiger partial charge is 0.397 e. The molecule has 4 N–H and O–H groups in total. The number of H-pyrrole nitrogens is 1. The zero-order valence-corrected chi connectivity index (χ0v) is 20.9. The van der Waals surface area contributed by atoms with Crippen LogP contribution in [0.15, 0.2) is 73.2 Å². The van der Waals surface area contributed by atoms with Gasteiger partial charge in [0.05, 0.1) is 17.7 Å². The molecule has 0 bridgehead atoms. The standard InChI is InChI=1S/C28H27N9O/c1-18(38)36-12-14-37(15-13-36)23-11-10-20(16-30-23)25-26-27(32-17-31-26)35-28(34-25)33-22-9-5-8-21(24(22)29)19-6-3-2-4-7-19/h2-11,16-17H,12-15,29H2,1H3,(H2,31,32,33,34,35). The van der Waals surface area contributed by atoms with Gasteiger partial charge in [0.15, 0.2) is 5.65 Å². The van der Waals surface area contributed by atoms with Gasteiger partial charge in [-0.3, -0.25) is 4.79 Å². The number of para-hydroxylation sites is 1. The number of carbonyl (C=O) groups excluding carboxylic acids is 1. The number of hydrogen-bond donors (Lipinski definition) is 3. The Kier molecular flexibility index (Phi) is 6.04. The van der Waals surface area contributed by atoms with Gasteiger partial charge in [-0.25, -0.2) is 15.0 Å². The minimum atomic E-state index is 0.109. The number of nitrogen functional groups attached to an aromatic ring is 1. The highest BCUT2D eigenvalue weighted by atomic mass is 16.2. The molecule has 0 unspecified atom stereocenters. The van der Waals surface area contributed by atoms with Crippen LogP contribution in [0.5, 0.6) is 0 Å². The van der Waals surface area contributed by atoms with Crippen LogP contribution in [0.3, 0.4) is 0 Å². The van der Waals surface area contributed by atoms with Gasteiger partial charge in [-0.15, -0.1) is 0 Å². The number of nitrogens with two attached hydrogens (primary N) is 1. The number of carbonyl (C=O) groups is 1. The zero-order valence-electron chi connectivity index (χ0n) is 20.9. The molecule has 0 atom stereocenters. The highest BCUT2D eigenvalue weighted by Crippen LogP contribution is 2.34. The van der Waals surface area contributed by atoms with Crippen LogP contribution >= 0.6 is 0 Å². The van der Waals surface area contributed by atoms with Gasteiger partial charge in [0.25, 0.3) is 0 Å². The van der Waals surface area contributed by atoms with Gasteiger partial charge in [0.1, 0.15) is 17.0 Å². The first-order chi connectivity index (χ1) is 18.6. The average molecular weight is 506 g/mol. The molecule has 10 heteroatoms. The number of aromatic nitrogens is 5. The van der Waals surface area contributed by atoms with Crippen molar-refractivity contribution in [1.29, 1.82) is 0 Å². The summed E-state index contributed by atoms with van der Waals surface area (Å²) in [4.78, 5) is 37.3. The van der Waals surface area contributed by atoms with E-state index in [1.807, 2.05) is 65.6 Å². The molecule has 38 heavy (non-hydrogen) atoms. The van der Waals surface area contributed by atoms with Crippen LogP contribution in [0.2, 0.25) is 0 Å². The Labute approximate surface area is 219 Å². The van der Waals surface area contributed by atoms with Crippen LogP contribution in [0.4, 0.5) is 23.1 Å². The van der Waals surface area contributed by atoms with E-state index in [-0.39, 0.29) is 5.91 Å². The summed E-state index contributed by atoms with van der Waals surface area (Å²) in [5.74, 6) is 1.38. The number of rotatable bonds is 5. The predicted molar refractivity (Wildman–Crippen MR) is 149 cm³/mol. The molecule has 1 saturated heterocycles. The van der Waals surface area contributed by atoms with Crippen LogP contribution in [0.1, 0.15) is 6.92 Å². The highest BCUT2D eigenvalue weighted by Gasteiger charge is 2.20. The second kappa shape index (κ2) is 9.81. The first-order valence-electron chi connectivity index (χ1n) is 12.5.